The minimum Gasteiger partial charge on any atom is -0.481 e. The fourth-order valence-electron chi connectivity index (χ4n) is 4.80. The number of amides is 2. The second-order valence-electron chi connectivity index (χ2n) is 9.40. The summed E-state index contributed by atoms with van der Waals surface area (Å²) in [6, 6.07) is 3.65. The SMILES string of the molecule is O=C(O)CCCCCCC(=O)NCCn1ccc(-c2cc(Cl)c(Cl)c3[nH]c4c(c23)CN(C(=O)CO)CC4)n1. The second-order valence-corrected chi connectivity index (χ2v) is 10.2. The summed E-state index contributed by atoms with van der Waals surface area (Å²) in [4.78, 5) is 39.8. The van der Waals surface area contributed by atoms with Crippen molar-refractivity contribution >= 4 is 51.9 Å². The summed E-state index contributed by atoms with van der Waals surface area (Å²) in [5.41, 5.74) is 4.09. The lowest BCUT2D eigenvalue weighted by Gasteiger charge is -2.26. The summed E-state index contributed by atoms with van der Waals surface area (Å²) in [5, 5.41) is 27.2. The number of aliphatic carboxylic acids is 1. The van der Waals surface area contributed by atoms with Crippen LogP contribution in [0, 0.1) is 0 Å². The van der Waals surface area contributed by atoms with Crippen molar-refractivity contribution in [3.05, 3.63) is 39.6 Å². The molecule has 0 unspecified atom stereocenters. The predicted molar refractivity (Wildman–Crippen MR) is 144 cm³/mol. The van der Waals surface area contributed by atoms with Gasteiger partial charge in [0.2, 0.25) is 11.8 Å². The standard InChI is InChI=1S/C26H31Cl2N5O5/c27-18-13-16(24-17-14-32(22(36)15-34)10-7-19(17)30-26(24)25(18)28)20-8-11-33(31-20)12-9-29-21(35)5-3-1-2-4-6-23(37)38/h8,11,13,30,34H,1-7,9-10,12,14-15H2,(H,29,35)(H,37,38). The van der Waals surface area contributed by atoms with E-state index in [1.807, 2.05) is 12.3 Å². The van der Waals surface area contributed by atoms with Gasteiger partial charge < -0.3 is 25.4 Å². The van der Waals surface area contributed by atoms with E-state index in [4.69, 9.17) is 28.3 Å². The summed E-state index contributed by atoms with van der Waals surface area (Å²) >= 11 is 13.0. The minimum absolute atomic E-state index is 0.0391. The fourth-order valence-corrected chi connectivity index (χ4v) is 5.20. The Labute approximate surface area is 229 Å². The van der Waals surface area contributed by atoms with E-state index in [0.29, 0.717) is 66.7 Å². The molecule has 0 atom stereocenters. The average Bonchev–Trinajstić information content (AvgIpc) is 3.52. The first-order valence-corrected chi connectivity index (χ1v) is 13.5. The number of benzene rings is 1. The Balaban J connectivity index is 1.41. The number of rotatable bonds is 12. The smallest absolute Gasteiger partial charge is 0.303 e. The Morgan fingerprint density at radius 3 is 2.63 bits per heavy atom. The fraction of sp³-hybridized carbons (Fsp3) is 0.462. The van der Waals surface area contributed by atoms with Crippen LogP contribution in [0.25, 0.3) is 22.2 Å². The lowest BCUT2D eigenvalue weighted by atomic mass is 9.99. The molecule has 0 spiro atoms. The van der Waals surface area contributed by atoms with Gasteiger partial charge in [-0.25, -0.2) is 0 Å². The van der Waals surface area contributed by atoms with E-state index in [-0.39, 0.29) is 18.2 Å². The molecule has 2 aromatic heterocycles. The second kappa shape index (κ2) is 12.6. The van der Waals surface area contributed by atoms with Gasteiger partial charge in [0, 0.05) is 67.3 Å². The van der Waals surface area contributed by atoms with Gasteiger partial charge in [-0.15, -0.1) is 0 Å². The van der Waals surface area contributed by atoms with E-state index in [9.17, 15) is 19.5 Å². The topological polar surface area (TPSA) is 141 Å². The molecule has 10 nitrogen and oxygen atoms in total. The molecule has 0 saturated carbocycles. The Kier molecular flexibility index (Phi) is 9.30. The number of halogens is 2. The molecule has 0 radical (unpaired) electrons. The van der Waals surface area contributed by atoms with Gasteiger partial charge in [0.1, 0.15) is 6.61 Å². The number of unbranched alkanes of at least 4 members (excludes halogenated alkanes) is 3. The number of fused-ring (bicyclic) bond motifs is 3. The summed E-state index contributed by atoms with van der Waals surface area (Å²) in [7, 11) is 0. The number of carbonyl (C=O) groups excluding carboxylic acids is 2. The molecule has 1 aliphatic heterocycles. The molecule has 0 aliphatic carbocycles. The Hall–Kier alpha value is -3.08. The average molecular weight is 564 g/mol. The third-order valence-corrected chi connectivity index (χ3v) is 7.54. The lowest BCUT2D eigenvalue weighted by Crippen LogP contribution is -2.37. The molecule has 2 amide bonds. The van der Waals surface area contributed by atoms with Crippen molar-refractivity contribution in [3.8, 4) is 11.3 Å². The molecule has 12 heteroatoms. The number of carboxylic acid groups (broad SMARTS) is 1. The third kappa shape index (κ3) is 6.48. The maximum atomic E-state index is 12.1. The highest BCUT2D eigenvalue weighted by molar-refractivity contribution is 6.45. The molecule has 3 heterocycles. The highest BCUT2D eigenvalue weighted by Gasteiger charge is 2.27. The lowest BCUT2D eigenvalue weighted by molar-refractivity contribution is -0.137. The maximum Gasteiger partial charge on any atom is 0.303 e. The number of aliphatic hydroxyl groups is 1. The number of nitrogens with zero attached hydrogens (tertiary/aromatic N) is 3. The van der Waals surface area contributed by atoms with Crippen LogP contribution in [0.5, 0.6) is 0 Å². The van der Waals surface area contributed by atoms with Gasteiger partial charge in [-0.2, -0.15) is 5.10 Å². The number of aromatic nitrogens is 3. The molecule has 1 aromatic carbocycles. The van der Waals surface area contributed by atoms with Crippen molar-refractivity contribution in [1.82, 2.24) is 25.0 Å². The first-order valence-electron chi connectivity index (χ1n) is 12.7. The summed E-state index contributed by atoms with van der Waals surface area (Å²) in [6.45, 7) is 1.23. The van der Waals surface area contributed by atoms with Crippen LogP contribution in [0.1, 0.15) is 49.8 Å². The summed E-state index contributed by atoms with van der Waals surface area (Å²) < 4.78 is 1.75. The van der Waals surface area contributed by atoms with E-state index in [0.717, 1.165) is 41.5 Å². The van der Waals surface area contributed by atoms with E-state index in [1.54, 1.807) is 15.6 Å². The van der Waals surface area contributed by atoms with Crippen molar-refractivity contribution in [2.75, 3.05) is 19.7 Å². The molecule has 0 bridgehead atoms. The number of nitrogens with one attached hydrogen (secondary N) is 2. The molecular formula is C26H31Cl2N5O5. The van der Waals surface area contributed by atoms with Crippen LogP contribution >= 0.6 is 23.2 Å². The van der Waals surface area contributed by atoms with Crippen LogP contribution in [-0.4, -0.2) is 67.4 Å². The van der Waals surface area contributed by atoms with Gasteiger partial charge >= 0.3 is 5.97 Å². The number of H-pyrrole nitrogens is 1. The molecule has 204 valence electrons. The van der Waals surface area contributed by atoms with Crippen LogP contribution in [0.2, 0.25) is 10.0 Å². The van der Waals surface area contributed by atoms with Crippen LogP contribution in [0.3, 0.4) is 0 Å². The van der Waals surface area contributed by atoms with Crippen molar-refractivity contribution in [1.29, 1.82) is 0 Å². The predicted octanol–water partition coefficient (Wildman–Crippen LogP) is 3.76. The third-order valence-electron chi connectivity index (χ3n) is 6.75. The quantitative estimate of drug-likeness (QED) is 0.247. The summed E-state index contributed by atoms with van der Waals surface area (Å²) in [5.74, 6) is -1.15. The number of carbonyl (C=O) groups is 3. The van der Waals surface area contributed by atoms with Gasteiger partial charge in [0.05, 0.1) is 27.8 Å². The molecule has 0 saturated heterocycles. The van der Waals surface area contributed by atoms with Crippen LogP contribution < -0.4 is 5.32 Å². The minimum atomic E-state index is -0.790. The number of hydrogen-bond acceptors (Lipinski definition) is 5. The number of aliphatic hydroxyl groups excluding tert-OH is 1. The molecule has 4 N–H and O–H groups in total. The highest BCUT2D eigenvalue weighted by atomic mass is 35.5. The normalized spacial score (nSPS) is 13.1. The molecule has 0 fully saturated rings. The Bertz CT molecular complexity index is 1340. The molecule has 38 heavy (non-hydrogen) atoms. The first-order chi connectivity index (χ1) is 18.3. The Morgan fingerprint density at radius 2 is 1.89 bits per heavy atom. The van der Waals surface area contributed by atoms with Crippen molar-refractivity contribution in [2.24, 2.45) is 0 Å². The zero-order valence-electron chi connectivity index (χ0n) is 20.9. The zero-order chi connectivity index (χ0) is 27.2. The van der Waals surface area contributed by atoms with Gasteiger partial charge in [-0.1, -0.05) is 36.0 Å². The molecular weight excluding hydrogens is 533 g/mol. The summed E-state index contributed by atoms with van der Waals surface area (Å²) in [6.07, 6.45) is 6.01. The van der Waals surface area contributed by atoms with Crippen LogP contribution in [0.15, 0.2) is 18.3 Å². The maximum absolute atomic E-state index is 12.1. The highest BCUT2D eigenvalue weighted by Crippen LogP contribution is 2.41. The number of carboxylic acids is 1. The van der Waals surface area contributed by atoms with Crippen molar-refractivity contribution < 1.29 is 24.6 Å². The van der Waals surface area contributed by atoms with Crippen molar-refractivity contribution in [2.45, 2.75) is 58.0 Å². The number of aromatic amines is 1. The van der Waals surface area contributed by atoms with E-state index >= 15 is 0 Å². The molecule has 1 aliphatic rings. The van der Waals surface area contributed by atoms with E-state index in [1.165, 1.54) is 0 Å². The molecule has 4 rings (SSSR count). The van der Waals surface area contributed by atoms with Gasteiger partial charge in [-0.3, -0.25) is 19.1 Å². The van der Waals surface area contributed by atoms with Gasteiger partial charge in [0.25, 0.3) is 0 Å². The van der Waals surface area contributed by atoms with Gasteiger partial charge in [0.15, 0.2) is 0 Å². The monoisotopic (exact) mass is 563 g/mol. The Morgan fingerprint density at radius 1 is 1.13 bits per heavy atom. The van der Waals surface area contributed by atoms with E-state index < -0.39 is 12.6 Å². The molecule has 3 aromatic rings. The van der Waals surface area contributed by atoms with Gasteiger partial charge in [-0.05, 0) is 25.0 Å². The number of hydrogen-bond donors (Lipinski definition) is 4. The first kappa shape index (κ1) is 27.9. The largest absolute Gasteiger partial charge is 0.481 e. The van der Waals surface area contributed by atoms with Crippen LogP contribution in [-0.2, 0) is 33.9 Å². The van der Waals surface area contributed by atoms with Crippen LogP contribution in [0.4, 0.5) is 0 Å². The van der Waals surface area contributed by atoms with E-state index in [2.05, 4.69) is 15.4 Å². The zero-order valence-corrected chi connectivity index (χ0v) is 22.4. The van der Waals surface area contributed by atoms with Crippen molar-refractivity contribution in [3.63, 3.8) is 0 Å².